The number of hydrogen-bond donors (Lipinski definition) is 2. The van der Waals surface area contributed by atoms with Crippen LogP contribution in [-0.2, 0) is 10.0 Å². The van der Waals surface area contributed by atoms with Gasteiger partial charge in [-0.15, -0.1) is 0 Å². The molecule has 8 nitrogen and oxygen atoms in total. The van der Waals surface area contributed by atoms with Gasteiger partial charge in [0.05, 0.1) is 16.3 Å². The Morgan fingerprint density at radius 2 is 1.71 bits per heavy atom. The summed E-state index contributed by atoms with van der Waals surface area (Å²) < 4.78 is 29.6. The van der Waals surface area contributed by atoms with Crippen LogP contribution in [0.3, 0.4) is 0 Å². The average Bonchev–Trinajstić information content (AvgIpc) is 3.03. The molecule has 0 aromatic heterocycles. The van der Waals surface area contributed by atoms with E-state index in [9.17, 15) is 13.2 Å². The third-order valence-corrected chi connectivity index (χ3v) is 8.10. The van der Waals surface area contributed by atoms with Gasteiger partial charge in [0, 0.05) is 51.4 Å². The molecule has 0 saturated carbocycles. The lowest BCUT2D eigenvalue weighted by atomic mass is 10.1. The predicted molar refractivity (Wildman–Crippen MR) is 136 cm³/mol. The molecule has 1 amide bonds. The molecule has 0 radical (unpaired) electrons. The summed E-state index contributed by atoms with van der Waals surface area (Å²) >= 11 is 0. The minimum atomic E-state index is -3.83. The van der Waals surface area contributed by atoms with Crippen molar-refractivity contribution in [3.05, 3.63) is 53.1 Å². The fourth-order valence-electron chi connectivity index (χ4n) is 4.67. The molecule has 2 heterocycles. The van der Waals surface area contributed by atoms with E-state index in [2.05, 4.69) is 26.9 Å². The van der Waals surface area contributed by atoms with Gasteiger partial charge in [0.2, 0.25) is 0 Å². The highest BCUT2D eigenvalue weighted by Crippen LogP contribution is 2.31. The maximum atomic E-state index is 13.4. The van der Waals surface area contributed by atoms with Gasteiger partial charge < -0.3 is 20.0 Å². The number of rotatable bonds is 5. The van der Waals surface area contributed by atoms with Crippen molar-refractivity contribution in [3.63, 3.8) is 0 Å². The summed E-state index contributed by atoms with van der Waals surface area (Å²) in [7, 11) is -1.76. The molecule has 2 aliphatic rings. The van der Waals surface area contributed by atoms with E-state index in [0.717, 1.165) is 56.9 Å². The maximum Gasteiger partial charge on any atom is 0.262 e. The van der Waals surface area contributed by atoms with Gasteiger partial charge in [0.25, 0.3) is 15.9 Å². The summed E-state index contributed by atoms with van der Waals surface area (Å²) in [4.78, 5) is 19.8. The monoisotopic (exact) mass is 485 g/mol. The molecule has 2 aliphatic heterocycles. The van der Waals surface area contributed by atoms with Crippen molar-refractivity contribution in [1.82, 2.24) is 15.1 Å². The number of amides is 1. The van der Waals surface area contributed by atoms with E-state index < -0.39 is 10.0 Å². The third kappa shape index (κ3) is 5.54. The molecule has 2 aromatic rings. The fourth-order valence-corrected chi connectivity index (χ4v) is 5.96. The first kappa shape index (κ1) is 24.5. The molecule has 2 fully saturated rings. The van der Waals surface area contributed by atoms with E-state index in [-0.39, 0.29) is 10.8 Å². The zero-order valence-corrected chi connectivity index (χ0v) is 21.1. The Labute approximate surface area is 203 Å². The number of sulfonamides is 1. The highest BCUT2D eigenvalue weighted by Gasteiger charge is 2.24. The Morgan fingerprint density at radius 3 is 2.44 bits per heavy atom. The second kappa shape index (κ2) is 10.3. The van der Waals surface area contributed by atoms with Gasteiger partial charge in [-0.3, -0.25) is 9.52 Å². The van der Waals surface area contributed by atoms with E-state index >= 15 is 0 Å². The molecule has 4 rings (SSSR count). The summed E-state index contributed by atoms with van der Waals surface area (Å²) in [5.41, 5.74) is 3.44. The van der Waals surface area contributed by atoms with Crippen LogP contribution in [0.1, 0.15) is 27.9 Å². The highest BCUT2D eigenvalue weighted by atomic mass is 32.2. The van der Waals surface area contributed by atoms with Gasteiger partial charge >= 0.3 is 0 Å². The zero-order chi connectivity index (χ0) is 24.3. The van der Waals surface area contributed by atoms with E-state index in [1.807, 2.05) is 30.0 Å². The molecule has 2 N–H and O–H groups in total. The van der Waals surface area contributed by atoms with Crippen molar-refractivity contribution in [2.45, 2.75) is 25.2 Å². The SMILES string of the molecule is Cc1ccc(S(=O)(=O)Nc2cc(C(=O)N3CCCN(C)CC3)ccc2N2CCNCC2)c(C)c1. The maximum absolute atomic E-state index is 13.4. The van der Waals surface area contributed by atoms with Crippen molar-refractivity contribution >= 4 is 27.3 Å². The molecule has 0 unspecified atom stereocenters. The lowest BCUT2D eigenvalue weighted by Gasteiger charge is -2.31. The van der Waals surface area contributed by atoms with Crippen molar-refractivity contribution in [2.75, 3.05) is 69.0 Å². The summed E-state index contributed by atoms with van der Waals surface area (Å²) in [6.07, 6.45) is 0.924. The first-order valence-corrected chi connectivity index (χ1v) is 13.4. The van der Waals surface area contributed by atoms with E-state index in [1.165, 1.54) is 0 Å². The number of nitrogens with one attached hydrogen (secondary N) is 2. The van der Waals surface area contributed by atoms with Gasteiger partial charge in [0.15, 0.2) is 0 Å². The third-order valence-electron chi connectivity index (χ3n) is 6.57. The molecule has 9 heteroatoms. The summed E-state index contributed by atoms with van der Waals surface area (Å²) in [6.45, 7) is 10.1. The number of hydrogen-bond acceptors (Lipinski definition) is 6. The van der Waals surface area contributed by atoms with Gasteiger partial charge in [-0.1, -0.05) is 17.7 Å². The van der Waals surface area contributed by atoms with E-state index in [4.69, 9.17) is 0 Å². The van der Waals surface area contributed by atoms with Crippen LogP contribution in [0.2, 0.25) is 0 Å². The normalized spacial score (nSPS) is 18.0. The van der Waals surface area contributed by atoms with Crippen molar-refractivity contribution in [2.24, 2.45) is 0 Å². The van der Waals surface area contributed by atoms with Crippen molar-refractivity contribution in [3.8, 4) is 0 Å². The molecule has 0 bridgehead atoms. The first-order valence-electron chi connectivity index (χ1n) is 11.9. The Hall–Kier alpha value is -2.62. The molecular weight excluding hydrogens is 450 g/mol. The highest BCUT2D eigenvalue weighted by molar-refractivity contribution is 7.92. The summed E-state index contributed by atoms with van der Waals surface area (Å²) in [5, 5.41) is 3.33. The second-order valence-corrected chi connectivity index (χ2v) is 10.9. The molecule has 34 heavy (non-hydrogen) atoms. The smallest absolute Gasteiger partial charge is 0.262 e. The van der Waals surface area contributed by atoms with Crippen LogP contribution < -0.4 is 14.9 Å². The van der Waals surface area contributed by atoms with Crippen LogP contribution in [0.5, 0.6) is 0 Å². The molecular formula is C25H35N5O3S. The van der Waals surface area contributed by atoms with Crippen LogP contribution in [0.4, 0.5) is 11.4 Å². The number of nitrogens with zero attached hydrogens (tertiary/aromatic N) is 3. The van der Waals surface area contributed by atoms with Crippen LogP contribution in [0, 0.1) is 13.8 Å². The number of anilines is 2. The largest absolute Gasteiger partial charge is 0.367 e. The standard InChI is InChI=1S/C25H35N5O3S/c1-19-5-8-24(20(2)17-19)34(32,33)27-22-18-21(6-7-23(22)29-13-9-26-10-14-29)25(31)30-12-4-11-28(3)15-16-30/h5-8,17-18,26-27H,4,9-16H2,1-3H3. The molecule has 0 aliphatic carbocycles. The lowest BCUT2D eigenvalue weighted by Crippen LogP contribution is -2.44. The van der Waals surface area contributed by atoms with Crippen molar-refractivity contribution < 1.29 is 13.2 Å². The number of carbonyl (C=O) groups excluding carboxylic acids is 1. The van der Waals surface area contributed by atoms with Gasteiger partial charge in [-0.25, -0.2) is 8.42 Å². The average molecular weight is 486 g/mol. The first-order chi connectivity index (χ1) is 16.2. The van der Waals surface area contributed by atoms with E-state index in [1.54, 1.807) is 25.1 Å². The molecule has 184 valence electrons. The van der Waals surface area contributed by atoms with Crippen LogP contribution >= 0.6 is 0 Å². The predicted octanol–water partition coefficient (Wildman–Crippen LogP) is 2.29. The second-order valence-electron chi connectivity index (χ2n) is 9.29. The molecule has 0 spiro atoms. The summed E-state index contributed by atoms with van der Waals surface area (Å²) in [6, 6.07) is 10.7. The summed E-state index contributed by atoms with van der Waals surface area (Å²) in [5.74, 6) is -0.0610. The Morgan fingerprint density at radius 1 is 0.941 bits per heavy atom. The Kier molecular flexibility index (Phi) is 7.45. The minimum absolute atomic E-state index is 0.0610. The Bertz CT molecular complexity index is 1150. The molecule has 0 atom stereocenters. The van der Waals surface area contributed by atoms with Gasteiger partial charge in [-0.05, 0) is 63.7 Å². The Balaban J connectivity index is 1.68. The number of benzene rings is 2. The van der Waals surface area contributed by atoms with Crippen LogP contribution in [0.15, 0.2) is 41.3 Å². The van der Waals surface area contributed by atoms with Gasteiger partial charge in [-0.2, -0.15) is 0 Å². The lowest BCUT2D eigenvalue weighted by molar-refractivity contribution is 0.0763. The number of carbonyl (C=O) groups is 1. The number of piperazine rings is 1. The van der Waals surface area contributed by atoms with Crippen LogP contribution in [-0.4, -0.2) is 83.5 Å². The fraction of sp³-hybridized carbons (Fsp3) is 0.480. The quantitative estimate of drug-likeness (QED) is 0.676. The minimum Gasteiger partial charge on any atom is -0.367 e. The number of aryl methyl sites for hydroxylation is 2. The topological polar surface area (TPSA) is 85.0 Å². The van der Waals surface area contributed by atoms with Crippen molar-refractivity contribution in [1.29, 1.82) is 0 Å². The molecule has 2 saturated heterocycles. The molecule has 2 aromatic carbocycles. The van der Waals surface area contributed by atoms with Crippen LogP contribution in [0.25, 0.3) is 0 Å². The van der Waals surface area contributed by atoms with Gasteiger partial charge in [0.1, 0.15) is 0 Å². The zero-order valence-electron chi connectivity index (χ0n) is 20.3. The number of likely N-dealkylation sites (N-methyl/N-ethyl adjacent to an activating group) is 1. The van der Waals surface area contributed by atoms with E-state index in [0.29, 0.717) is 29.9 Å².